The third-order valence-electron chi connectivity index (χ3n) is 2.20. The van der Waals surface area contributed by atoms with E-state index in [9.17, 15) is 0 Å². The van der Waals surface area contributed by atoms with Crippen molar-refractivity contribution in [2.75, 3.05) is 12.5 Å². The first-order valence-corrected chi connectivity index (χ1v) is 6.05. The molecule has 0 N–H and O–H groups in total. The van der Waals surface area contributed by atoms with Gasteiger partial charge >= 0.3 is 0 Å². The van der Waals surface area contributed by atoms with Crippen molar-refractivity contribution >= 4 is 23.2 Å². The van der Waals surface area contributed by atoms with Crippen molar-refractivity contribution in [3.05, 3.63) is 28.8 Å². The predicted octanol–water partition coefficient (Wildman–Crippen LogP) is 4.16. The highest BCUT2D eigenvalue weighted by atomic mass is 35.5. The summed E-state index contributed by atoms with van der Waals surface area (Å²) in [5.74, 6) is 1.86. The maximum Gasteiger partial charge on any atom is 0.119 e. The molecule has 0 saturated carbocycles. The normalized spacial score (nSPS) is 12.5. The maximum atomic E-state index is 6.01. The quantitative estimate of drug-likeness (QED) is 0.710. The van der Waals surface area contributed by atoms with E-state index in [1.807, 2.05) is 18.2 Å². The summed E-state index contributed by atoms with van der Waals surface area (Å²) in [5.41, 5.74) is 1.12. The Morgan fingerprint density at radius 1 is 1.40 bits per heavy atom. The number of hydrogen-bond acceptors (Lipinski definition) is 1. The molecule has 0 saturated heterocycles. The molecule has 0 aliphatic carbocycles. The molecule has 1 unspecified atom stereocenters. The van der Waals surface area contributed by atoms with Crippen molar-refractivity contribution in [2.45, 2.75) is 20.3 Å². The molecule has 1 nitrogen and oxygen atoms in total. The first-order valence-electron chi connectivity index (χ1n) is 5.14. The topological polar surface area (TPSA) is 9.23 Å². The van der Waals surface area contributed by atoms with Gasteiger partial charge in [0.05, 0.1) is 6.61 Å². The van der Waals surface area contributed by atoms with Gasteiger partial charge in [-0.3, -0.25) is 0 Å². The van der Waals surface area contributed by atoms with Gasteiger partial charge in [0, 0.05) is 16.8 Å². The second-order valence-corrected chi connectivity index (χ2v) is 4.39. The summed E-state index contributed by atoms with van der Waals surface area (Å²) in [7, 11) is 0. The molecule has 0 spiro atoms. The van der Waals surface area contributed by atoms with Crippen molar-refractivity contribution in [3.63, 3.8) is 0 Å². The minimum atomic E-state index is 0.368. The van der Waals surface area contributed by atoms with Crippen LogP contribution in [0.1, 0.15) is 19.4 Å². The van der Waals surface area contributed by atoms with Crippen LogP contribution in [0.2, 0.25) is 5.02 Å². The molecule has 0 fully saturated rings. The van der Waals surface area contributed by atoms with Gasteiger partial charge < -0.3 is 4.74 Å². The van der Waals surface area contributed by atoms with Crippen LogP contribution in [0.15, 0.2) is 18.2 Å². The highest BCUT2D eigenvalue weighted by molar-refractivity contribution is 6.31. The van der Waals surface area contributed by atoms with Crippen LogP contribution in [0.4, 0.5) is 0 Å². The lowest BCUT2D eigenvalue weighted by Crippen LogP contribution is -2.09. The van der Waals surface area contributed by atoms with E-state index >= 15 is 0 Å². The smallest absolute Gasteiger partial charge is 0.119 e. The minimum absolute atomic E-state index is 0.368. The Morgan fingerprint density at radius 3 is 2.73 bits per heavy atom. The van der Waals surface area contributed by atoms with Gasteiger partial charge in [-0.15, -0.1) is 11.6 Å². The Balaban J connectivity index is 2.62. The molecule has 0 bridgehead atoms. The molecule has 0 aliphatic rings. The fraction of sp³-hybridized carbons (Fsp3) is 0.500. The van der Waals surface area contributed by atoms with E-state index in [1.54, 1.807) is 0 Å². The first kappa shape index (κ1) is 12.7. The van der Waals surface area contributed by atoms with Crippen LogP contribution in [0.5, 0.6) is 5.75 Å². The molecule has 15 heavy (non-hydrogen) atoms. The van der Waals surface area contributed by atoms with Crippen molar-refractivity contribution in [1.29, 1.82) is 0 Å². The van der Waals surface area contributed by atoms with E-state index in [1.165, 1.54) is 0 Å². The number of alkyl halides is 1. The zero-order valence-electron chi connectivity index (χ0n) is 9.09. The molecular formula is C12H16Cl2O. The van der Waals surface area contributed by atoms with E-state index in [4.69, 9.17) is 27.9 Å². The molecule has 3 heteroatoms. The van der Waals surface area contributed by atoms with Crippen LogP contribution in [-0.4, -0.2) is 12.5 Å². The molecule has 0 aliphatic heterocycles. The molecule has 0 radical (unpaired) electrons. The molecular weight excluding hydrogens is 231 g/mol. The molecule has 1 rings (SSSR count). The summed E-state index contributed by atoms with van der Waals surface area (Å²) in [4.78, 5) is 0. The van der Waals surface area contributed by atoms with Gasteiger partial charge in [-0.2, -0.15) is 0 Å². The van der Waals surface area contributed by atoms with E-state index in [-0.39, 0.29) is 0 Å². The SMILES string of the molecule is CCc1cc(OCC(C)CCl)ccc1Cl. The Labute approximate surface area is 101 Å². The predicted molar refractivity (Wildman–Crippen MR) is 66.2 cm³/mol. The number of aryl methyl sites for hydroxylation is 1. The van der Waals surface area contributed by atoms with Gasteiger partial charge in [0.15, 0.2) is 0 Å². The van der Waals surface area contributed by atoms with Gasteiger partial charge in [-0.1, -0.05) is 25.4 Å². The van der Waals surface area contributed by atoms with E-state index in [0.717, 1.165) is 22.8 Å². The minimum Gasteiger partial charge on any atom is -0.493 e. The Kier molecular flexibility index (Phi) is 5.27. The summed E-state index contributed by atoms with van der Waals surface area (Å²) in [6.07, 6.45) is 0.918. The first-order chi connectivity index (χ1) is 7.17. The van der Waals surface area contributed by atoms with Crippen molar-refractivity contribution in [1.82, 2.24) is 0 Å². The van der Waals surface area contributed by atoms with Crippen molar-refractivity contribution < 1.29 is 4.74 Å². The van der Waals surface area contributed by atoms with Gasteiger partial charge in [0.1, 0.15) is 5.75 Å². The summed E-state index contributed by atoms with van der Waals surface area (Å²) in [6.45, 7) is 4.78. The highest BCUT2D eigenvalue weighted by Crippen LogP contribution is 2.22. The second-order valence-electron chi connectivity index (χ2n) is 3.68. The number of benzene rings is 1. The Bertz CT molecular complexity index is 312. The number of halogens is 2. The van der Waals surface area contributed by atoms with E-state index in [2.05, 4.69) is 13.8 Å². The molecule has 0 aromatic heterocycles. The lowest BCUT2D eigenvalue weighted by Gasteiger charge is -2.11. The summed E-state index contributed by atoms with van der Waals surface area (Å²) in [5, 5.41) is 0.801. The zero-order valence-corrected chi connectivity index (χ0v) is 10.6. The summed E-state index contributed by atoms with van der Waals surface area (Å²) in [6, 6.07) is 5.76. The van der Waals surface area contributed by atoms with Gasteiger partial charge in [0.25, 0.3) is 0 Å². The second kappa shape index (κ2) is 6.24. The third-order valence-corrected chi connectivity index (χ3v) is 3.09. The molecule has 1 atom stereocenters. The zero-order chi connectivity index (χ0) is 11.3. The average Bonchev–Trinajstić information content (AvgIpc) is 2.27. The maximum absolute atomic E-state index is 6.01. The summed E-state index contributed by atoms with van der Waals surface area (Å²) < 4.78 is 5.61. The van der Waals surface area contributed by atoms with Gasteiger partial charge in [-0.25, -0.2) is 0 Å². The van der Waals surface area contributed by atoms with Gasteiger partial charge in [-0.05, 0) is 30.2 Å². The number of hydrogen-bond donors (Lipinski definition) is 0. The highest BCUT2D eigenvalue weighted by Gasteiger charge is 2.03. The Hall–Kier alpha value is -0.400. The van der Waals surface area contributed by atoms with Crippen LogP contribution >= 0.6 is 23.2 Å². The lowest BCUT2D eigenvalue weighted by molar-refractivity contribution is 0.272. The molecule has 84 valence electrons. The van der Waals surface area contributed by atoms with E-state index in [0.29, 0.717) is 18.4 Å². The van der Waals surface area contributed by atoms with Crippen molar-refractivity contribution in [2.24, 2.45) is 5.92 Å². The average molecular weight is 247 g/mol. The van der Waals surface area contributed by atoms with Crippen molar-refractivity contribution in [3.8, 4) is 5.75 Å². The lowest BCUT2D eigenvalue weighted by atomic mass is 10.1. The van der Waals surface area contributed by atoms with Crippen LogP contribution in [-0.2, 0) is 6.42 Å². The molecule has 0 amide bonds. The number of ether oxygens (including phenoxy) is 1. The van der Waals surface area contributed by atoms with Crippen LogP contribution in [0, 0.1) is 5.92 Å². The standard InChI is InChI=1S/C12H16Cl2O/c1-3-10-6-11(4-5-12(10)14)15-8-9(2)7-13/h4-6,9H,3,7-8H2,1-2H3. The largest absolute Gasteiger partial charge is 0.493 e. The fourth-order valence-electron chi connectivity index (χ4n) is 1.19. The number of rotatable bonds is 5. The third kappa shape index (κ3) is 3.92. The molecule has 1 aromatic carbocycles. The monoisotopic (exact) mass is 246 g/mol. The fourth-order valence-corrected chi connectivity index (χ4v) is 1.54. The van der Waals surface area contributed by atoms with Gasteiger partial charge in [0.2, 0.25) is 0 Å². The molecule has 0 heterocycles. The van der Waals surface area contributed by atoms with Crippen LogP contribution in [0.25, 0.3) is 0 Å². The molecule has 1 aromatic rings. The van der Waals surface area contributed by atoms with E-state index < -0.39 is 0 Å². The van der Waals surface area contributed by atoms with Crippen LogP contribution in [0.3, 0.4) is 0 Å². The Morgan fingerprint density at radius 2 is 2.13 bits per heavy atom. The summed E-state index contributed by atoms with van der Waals surface area (Å²) >= 11 is 11.7. The van der Waals surface area contributed by atoms with Crippen LogP contribution < -0.4 is 4.74 Å².